The van der Waals surface area contributed by atoms with Crippen molar-refractivity contribution in [3.05, 3.63) is 17.0 Å². The van der Waals surface area contributed by atoms with Crippen LogP contribution in [0.25, 0.3) is 0 Å². The van der Waals surface area contributed by atoms with Crippen molar-refractivity contribution >= 4 is 21.4 Å². The number of nitrogens with two attached hydrogens (primary N) is 1. The van der Waals surface area contributed by atoms with E-state index in [-0.39, 0.29) is 16.2 Å². The first-order chi connectivity index (χ1) is 9.52. The number of nitriles is 1. The third-order valence-corrected chi connectivity index (χ3v) is 7.70. The van der Waals surface area contributed by atoms with Crippen LogP contribution in [0.3, 0.4) is 0 Å². The molecule has 2 heterocycles. The lowest BCUT2D eigenvalue weighted by atomic mass is 9.78. The minimum absolute atomic E-state index is 0.118. The minimum Gasteiger partial charge on any atom is -0.327 e. The van der Waals surface area contributed by atoms with Crippen LogP contribution in [0, 0.1) is 23.2 Å². The monoisotopic (exact) mass is 311 g/mol. The number of hydrogen-bond donors (Lipinski definition) is 1. The first-order valence-electron chi connectivity index (χ1n) is 6.78. The molecule has 1 aliphatic heterocycles. The number of hydrogen-bond acceptors (Lipinski definition) is 5. The molecule has 0 amide bonds. The molecule has 0 bridgehead atoms. The molecule has 2 fully saturated rings. The van der Waals surface area contributed by atoms with E-state index in [1.54, 1.807) is 10.4 Å². The van der Waals surface area contributed by atoms with Gasteiger partial charge in [0.25, 0.3) is 10.0 Å². The Bertz CT molecular complexity index is 647. The van der Waals surface area contributed by atoms with Crippen molar-refractivity contribution in [2.45, 2.75) is 29.5 Å². The lowest BCUT2D eigenvalue weighted by Crippen LogP contribution is -2.38. The molecule has 7 heteroatoms. The van der Waals surface area contributed by atoms with E-state index < -0.39 is 10.0 Å². The van der Waals surface area contributed by atoms with Crippen LogP contribution in [-0.4, -0.2) is 31.9 Å². The summed E-state index contributed by atoms with van der Waals surface area (Å²) >= 11 is 1.04. The van der Waals surface area contributed by atoms with Crippen molar-refractivity contribution in [1.29, 1.82) is 5.26 Å². The zero-order valence-corrected chi connectivity index (χ0v) is 12.7. The van der Waals surface area contributed by atoms with Crippen molar-refractivity contribution in [3.8, 4) is 6.07 Å². The summed E-state index contributed by atoms with van der Waals surface area (Å²) in [5.41, 5.74) is 6.13. The molecule has 0 aromatic carbocycles. The second-order valence-corrected chi connectivity index (χ2v) is 8.82. The second kappa shape index (κ2) is 5.11. The molecule has 108 valence electrons. The topological polar surface area (TPSA) is 87.2 Å². The molecule has 2 N–H and O–H groups in total. The van der Waals surface area contributed by atoms with Gasteiger partial charge in [0.1, 0.15) is 15.2 Å². The summed E-state index contributed by atoms with van der Waals surface area (Å²) < 4.78 is 27.0. The Hall–Kier alpha value is -0.940. The van der Waals surface area contributed by atoms with Gasteiger partial charge in [0.05, 0.1) is 0 Å². The molecule has 1 saturated heterocycles. The van der Waals surface area contributed by atoms with Gasteiger partial charge in [0.2, 0.25) is 0 Å². The Labute approximate surface area is 123 Å². The summed E-state index contributed by atoms with van der Waals surface area (Å²) in [4.78, 5) is 0.428. The van der Waals surface area contributed by atoms with Crippen LogP contribution < -0.4 is 5.73 Å². The fourth-order valence-electron chi connectivity index (χ4n) is 3.32. The van der Waals surface area contributed by atoms with Crippen molar-refractivity contribution < 1.29 is 8.42 Å². The van der Waals surface area contributed by atoms with Gasteiger partial charge in [-0.3, -0.25) is 0 Å². The van der Waals surface area contributed by atoms with Crippen molar-refractivity contribution in [3.63, 3.8) is 0 Å². The van der Waals surface area contributed by atoms with Crippen LogP contribution in [-0.2, 0) is 10.0 Å². The second-order valence-electron chi connectivity index (χ2n) is 5.57. The standard InChI is InChI=1S/C13H17N3O2S2/c14-6-10-4-5-13(19-10)20(17,18)16-7-9-2-1-3-12(15)11(9)8-16/h4-5,9,11-12H,1-3,7-8,15H2. The number of nitrogens with zero attached hydrogens (tertiary/aromatic N) is 2. The zero-order chi connectivity index (χ0) is 14.3. The van der Waals surface area contributed by atoms with Crippen molar-refractivity contribution in [2.24, 2.45) is 17.6 Å². The Morgan fingerprint density at radius 2 is 2.15 bits per heavy atom. The number of thiophene rings is 1. The highest BCUT2D eigenvalue weighted by Crippen LogP contribution is 2.38. The van der Waals surface area contributed by atoms with Gasteiger partial charge in [-0.1, -0.05) is 6.42 Å². The first-order valence-corrected chi connectivity index (χ1v) is 9.03. The smallest absolute Gasteiger partial charge is 0.252 e. The predicted molar refractivity (Wildman–Crippen MR) is 76.6 cm³/mol. The molecule has 2 aliphatic rings. The summed E-state index contributed by atoms with van der Waals surface area (Å²) in [7, 11) is -3.46. The molecule has 1 aromatic rings. The maximum absolute atomic E-state index is 12.6. The van der Waals surface area contributed by atoms with Crippen molar-refractivity contribution in [1.82, 2.24) is 4.31 Å². The van der Waals surface area contributed by atoms with Gasteiger partial charge < -0.3 is 5.73 Å². The lowest BCUT2D eigenvalue weighted by molar-refractivity contribution is 0.260. The van der Waals surface area contributed by atoms with Crippen LogP contribution >= 0.6 is 11.3 Å². The molecular formula is C13H17N3O2S2. The van der Waals surface area contributed by atoms with Crippen LogP contribution in [0.15, 0.2) is 16.3 Å². The van der Waals surface area contributed by atoms with E-state index in [0.717, 1.165) is 30.6 Å². The highest BCUT2D eigenvalue weighted by atomic mass is 32.2. The fourth-order valence-corrected chi connectivity index (χ4v) is 6.11. The summed E-state index contributed by atoms with van der Waals surface area (Å²) in [6.45, 7) is 1.09. The summed E-state index contributed by atoms with van der Waals surface area (Å²) in [5, 5.41) is 8.82. The molecule has 3 unspecified atom stereocenters. The SMILES string of the molecule is N#Cc1ccc(S(=O)(=O)N2CC3CCCC(N)C3C2)s1. The maximum atomic E-state index is 12.6. The van der Waals surface area contributed by atoms with E-state index in [9.17, 15) is 8.42 Å². The van der Waals surface area contributed by atoms with Crippen LogP contribution in [0.4, 0.5) is 0 Å². The molecule has 1 aromatic heterocycles. The third-order valence-electron chi connectivity index (χ3n) is 4.41. The molecule has 5 nitrogen and oxygen atoms in total. The van der Waals surface area contributed by atoms with Crippen LogP contribution in [0.1, 0.15) is 24.1 Å². The van der Waals surface area contributed by atoms with Gasteiger partial charge in [0, 0.05) is 19.1 Å². The highest BCUT2D eigenvalue weighted by Gasteiger charge is 2.43. The molecule has 3 rings (SSSR count). The lowest BCUT2D eigenvalue weighted by Gasteiger charge is -2.29. The van der Waals surface area contributed by atoms with E-state index >= 15 is 0 Å². The number of fused-ring (bicyclic) bond motifs is 1. The van der Waals surface area contributed by atoms with Crippen molar-refractivity contribution in [2.75, 3.05) is 13.1 Å². The number of rotatable bonds is 2. The van der Waals surface area contributed by atoms with E-state index in [1.165, 1.54) is 6.07 Å². The molecule has 1 saturated carbocycles. The van der Waals surface area contributed by atoms with Gasteiger partial charge in [-0.15, -0.1) is 11.3 Å². The number of sulfonamides is 1. The van der Waals surface area contributed by atoms with Gasteiger partial charge in [-0.25, -0.2) is 8.42 Å². The molecular weight excluding hydrogens is 294 g/mol. The average Bonchev–Trinajstić information content (AvgIpc) is 3.06. The molecule has 1 aliphatic carbocycles. The molecule has 0 radical (unpaired) electrons. The largest absolute Gasteiger partial charge is 0.327 e. The molecule has 0 spiro atoms. The van der Waals surface area contributed by atoms with Crippen LogP contribution in [0.2, 0.25) is 0 Å². The van der Waals surface area contributed by atoms with E-state index in [0.29, 0.717) is 23.9 Å². The summed E-state index contributed by atoms with van der Waals surface area (Å²) in [5.74, 6) is 0.679. The summed E-state index contributed by atoms with van der Waals surface area (Å²) in [6, 6.07) is 5.19. The Morgan fingerprint density at radius 3 is 2.80 bits per heavy atom. The maximum Gasteiger partial charge on any atom is 0.252 e. The highest BCUT2D eigenvalue weighted by molar-refractivity contribution is 7.91. The normalized spacial score (nSPS) is 30.9. The Morgan fingerprint density at radius 1 is 1.35 bits per heavy atom. The quantitative estimate of drug-likeness (QED) is 0.893. The van der Waals surface area contributed by atoms with Crippen LogP contribution in [0.5, 0.6) is 0 Å². The van der Waals surface area contributed by atoms with E-state index in [2.05, 4.69) is 0 Å². The van der Waals surface area contributed by atoms with Gasteiger partial charge in [-0.05, 0) is 36.8 Å². The third kappa shape index (κ3) is 2.27. The van der Waals surface area contributed by atoms with Gasteiger partial charge >= 0.3 is 0 Å². The van der Waals surface area contributed by atoms with E-state index in [1.807, 2.05) is 6.07 Å². The van der Waals surface area contributed by atoms with Gasteiger partial charge in [0.15, 0.2) is 0 Å². The first kappa shape index (κ1) is 14.0. The predicted octanol–water partition coefficient (Wildman–Crippen LogP) is 1.37. The molecule has 3 atom stereocenters. The average molecular weight is 311 g/mol. The van der Waals surface area contributed by atoms with E-state index in [4.69, 9.17) is 11.0 Å². The Balaban J connectivity index is 1.84. The van der Waals surface area contributed by atoms with Gasteiger partial charge in [-0.2, -0.15) is 9.57 Å². The summed E-state index contributed by atoms with van der Waals surface area (Å²) in [6.07, 6.45) is 3.15. The fraction of sp³-hybridized carbons (Fsp3) is 0.615. The zero-order valence-electron chi connectivity index (χ0n) is 11.0. The molecule has 20 heavy (non-hydrogen) atoms. The minimum atomic E-state index is -3.46. The Kier molecular flexibility index (Phi) is 3.58.